The number of ether oxygens (including phenoxy) is 3. The Kier molecular flexibility index (Phi) is 4.20. The smallest absolute Gasteiger partial charge is 0.314 e. The van der Waals surface area contributed by atoms with Crippen molar-refractivity contribution in [1.29, 1.82) is 0 Å². The van der Waals surface area contributed by atoms with Crippen molar-refractivity contribution in [3.05, 3.63) is 64.2 Å². The minimum Gasteiger partial charge on any atom is -0.487 e. The molecular formula is C16H15NO5. The predicted molar refractivity (Wildman–Crippen MR) is 79.1 cm³/mol. The van der Waals surface area contributed by atoms with Crippen LogP contribution < -0.4 is 9.47 Å². The first-order valence-corrected chi connectivity index (χ1v) is 6.92. The first kappa shape index (κ1) is 14.3. The first-order chi connectivity index (χ1) is 10.7. The summed E-state index contributed by atoms with van der Waals surface area (Å²) in [4.78, 5) is 10.7. The number of nitro benzene ring substituents is 1. The van der Waals surface area contributed by atoms with Crippen LogP contribution >= 0.6 is 0 Å². The molecule has 0 aromatic heterocycles. The largest absolute Gasteiger partial charge is 0.487 e. The van der Waals surface area contributed by atoms with Gasteiger partial charge in [0.15, 0.2) is 5.75 Å². The highest BCUT2D eigenvalue weighted by molar-refractivity contribution is 5.55. The molecule has 2 aromatic rings. The molecule has 6 heteroatoms. The van der Waals surface area contributed by atoms with Crippen molar-refractivity contribution in [3.8, 4) is 11.5 Å². The Balaban J connectivity index is 1.79. The molecule has 0 spiro atoms. The van der Waals surface area contributed by atoms with Crippen molar-refractivity contribution in [1.82, 2.24) is 0 Å². The summed E-state index contributed by atoms with van der Waals surface area (Å²) < 4.78 is 16.3. The van der Waals surface area contributed by atoms with Gasteiger partial charge in [0.25, 0.3) is 0 Å². The van der Waals surface area contributed by atoms with Gasteiger partial charge in [0.2, 0.25) is 5.75 Å². The van der Waals surface area contributed by atoms with E-state index in [9.17, 15) is 10.1 Å². The molecular weight excluding hydrogens is 286 g/mol. The lowest BCUT2D eigenvalue weighted by Crippen LogP contribution is -2.07. The molecule has 22 heavy (non-hydrogen) atoms. The molecule has 1 fully saturated rings. The van der Waals surface area contributed by atoms with E-state index in [-0.39, 0.29) is 24.1 Å². The number of nitrogens with zero attached hydrogens (tertiary/aromatic N) is 1. The highest BCUT2D eigenvalue weighted by Crippen LogP contribution is 2.37. The standard InChI is InChI=1S/C16H15NO5/c18-17(19)14-7-4-8-15(21-11-13-10-20-13)16(14)22-9-12-5-2-1-3-6-12/h1-8,13H,9-11H2. The van der Waals surface area contributed by atoms with E-state index in [0.29, 0.717) is 19.0 Å². The van der Waals surface area contributed by atoms with E-state index >= 15 is 0 Å². The average molecular weight is 301 g/mol. The molecule has 1 heterocycles. The third-order valence-corrected chi connectivity index (χ3v) is 3.21. The van der Waals surface area contributed by atoms with Crippen LogP contribution in [0.1, 0.15) is 5.56 Å². The zero-order valence-electron chi connectivity index (χ0n) is 11.8. The molecule has 0 saturated carbocycles. The molecule has 1 saturated heterocycles. The summed E-state index contributed by atoms with van der Waals surface area (Å²) in [6, 6.07) is 14.1. The van der Waals surface area contributed by atoms with Crippen molar-refractivity contribution in [2.45, 2.75) is 12.7 Å². The van der Waals surface area contributed by atoms with Crippen LogP contribution in [-0.4, -0.2) is 24.2 Å². The first-order valence-electron chi connectivity index (χ1n) is 6.92. The van der Waals surface area contributed by atoms with Crippen LogP contribution in [0.4, 0.5) is 5.69 Å². The third-order valence-electron chi connectivity index (χ3n) is 3.21. The molecule has 0 amide bonds. The summed E-state index contributed by atoms with van der Waals surface area (Å²) in [6.07, 6.45) is 0.0706. The van der Waals surface area contributed by atoms with Crippen LogP contribution in [0, 0.1) is 10.1 Å². The van der Waals surface area contributed by atoms with Crippen molar-refractivity contribution >= 4 is 5.69 Å². The number of nitro groups is 1. The van der Waals surface area contributed by atoms with Gasteiger partial charge in [0.1, 0.15) is 19.3 Å². The molecule has 3 rings (SSSR count). The summed E-state index contributed by atoms with van der Waals surface area (Å²) in [7, 11) is 0. The van der Waals surface area contributed by atoms with Crippen LogP contribution in [0.25, 0.3) is 0 Å². The lowest BCUT2D eigenvalue weighted by Gasteiger charge is -2.12. The minimum atomic E-state index is -0.471. The highest BCUT2D eigenvalue weighted by atomic mass is 16.6. The van der Waals surface area contributed by atoms with Gasteiger partial charge in [-0.3, -0.25) is 10.1 Å². The van der Waals surface area contributed by atoms with Gasteiger partial charge < -0.3 is 14.2 Å². The molecule has 0 aliphatic carbocycles. The van der Waals surface area contributed by atoms with Crippen molar-refractivity contribution < 1.29 is 19.1 Å². The van der Waals surface area contributed by atoms with Crippen molar-refractivity contribution in [2.75, 3.05) is 13.2 Å². The Morgan fingerprint density at radius 3 is 2.59 bits per heavy atom. The lowest BCUT2D eigenvalue weighted by atomic mass is 10.2. The summed E-state index contributed by atoms with van der Waals surface area (Å²) in [5, 5.41) is 11.2. The van der Waals surface area contributed by atoms with Gasteiger partial charge in [-0.25, -0.2) is 0 Å². The monoisotopic (exact) mass is 301 g/mol. The Labute approximate surface area is 127 Å². The van der Waals surface area contributed by atoms with Crippen molar-refractivity contribution in [3.63, 3.8) is 0 Å². The second-order valence-corrected chi connectivity index (χ2v) is 4.90. The maximum atomic E-state index is 11.2. The molecule has 1 unspecified atom stereocenters. The Hall–Kier alpha value is -2.60. The number of para-hydroxylation sites is 1. The predicted octanol–water partition coefficient (Wildman–Crippen LogP) is 2.95. The zero-order chi connectivity index (χ0) is 15.4. The molecule has 1 atom stereocenters. The highest BCUT2D eigenvalue weighted by Gasteiger charge is 2.26. The average Bonchev–Trinajstić information content (AvgIpc) is 3.36. The Morgan fingerprint density at radius 2 is 1.91 bits per heavy atom. The molecule has 1 aliphatic rings. The summed E-state index contributed by atoms with van der Waals surface area (Å²) in [5.41, 5.74) is 0.822. The normalized spacial score (nSPS) is 16.1. The van der Waals surface area contributed by atoms with Crippen LogP contribution in [0.15, 0.2) is 48.5 Å². The second-order valence-electron chi connectivity index (χ2n) is 4.90. The Bertz CT molecular complexity index is 655. The lowest BCUT2D eigenvalue weighted by molar-refractivity contribution is -0.386. The topological polar surface area (TPSA) is 74.1 Å². The number of epoxide rings is 1. The molecule has 0 radical (unpaired) electrons. The van der Waals surface area contributed by atoms with Gasteiger partial charge in [0.05, 0.1) is 11.5 Å². The Morgan fingerprint density at radius 1 is 1.14 bits per heavy atom. The molecule has 114 valence electrons. The zero-order valence-corrected chi connectivity index (χ0v) is 11.8. The molecule has 2 aromatic carbocycles. The van der Waals surface area contributed by atoms with Crippen LogP contribution in [0.3, 0.4) is 0 Å². The van der Waals surface area contributed by atoms with Crippen LogP contribution in [0.2, 0.25) is 0 Å². The van der Waals surface area contributed by atoms with Crippen LogP contribution in [-0.2, 0) is 11.3 Å². The van der Waals surface area contributed by atoms with E-state index in [1.165, 1.54) is 6.07 Å². The summed E-state index contributed by atoms with van der Waals surface area (Å²) >= 11 is 0. The fraction of sp³-hybridized carbons (Fsp3) is 0.250. The molecule has 0 N–H and O–H groups in total. The van der Waals surface area contributed by atoms with Gasteiger partial charge in [-0.2, -0.15) is 0 Å². The number of rotatable bonds is 7. The second kappa shape index (κ2) is 6.44. The molecule has 0 bridgehead atoms. The summed E-state index contributed by atoms with van der Waals surface area (Å²) in [5.74, 6) is 0.512. The summed E-state index contributed by atoms with van der Waals surface area (Å²) in [6.45, 7) is 1.26. The maximum Gasteiger partial charge on any atom is 0.314 e. The van der Waals surface area contributed by atoms with E-state index in [0.717, 1.165) is 5.56 Å². The van der Waals surface area contributed by atoms with E-state index in [1.807, 2.05) is 30.3 Å². The fourth-order valence-corrected chi connectivity index (χ4v) is 1.98. The van der Waals surface area contributed by atoms with Gasteiger partial charge in [0, 0.05) is 6.07 Å². The van der Waals surface area contributed by atoms with Gasteiger partial charge in [-0.05, 0) is 11.6 Å². The van der Waals surface area contributed by atoms with E-state index in [4.69, 9.17) is 14.2 Å². The minimum absolute atomic E-state index is 0.0706. The fourth-order valence-electron chi connectivity index (χ4n) is 1.98. The third kappa shape index (κ3) is 3.53. The number of hydrogen-bond acceptors (Lipinski definition) is 5. The van der Waals surface area contributed by atoms with E-state index < -0.39 is 4.92 Å². The molecule has 1 aliphatic heterocycles. The van der Waals surface area contributed by atoms with E-state index in [1.54, 1.807) is 12.1 Å². The maximum absolute atomic E-state index is 11.2. The van der Waals surface area contributed by atoms with Crippen molar-refractivity contribution in [2.24, 2.45) is 0 Å². The van der Waals surface area contributed by atoms with E-state index in [2.05, 4.69) is 0 Å². The van der Waals surface area contributed by atoms with Gasteiger partial charge in [-0.1, -0.05) is 36.4 Å². The SMILES string of the molecule is O=[N+]([O-])c1cccc(OCC2CO2)c1OCc1ccccc1. The van der Waals surface area contributed by atoms with Gasteiger partial charge >= 0.3 is 5.69 Å². The number of hydrogen-bond donors (Lipinski definition) is 0. The number of benzene rings is 2. The quantitative estimate of drug-likeness (QED) is 0.446. The van der Waals surface area contributed by atoms with Gasteiger partial charge in [-0.15, -0.1) is 0 Å². The molecule has 6 nitrogen and oxygen atoms in total. The van der Waals surface area contributed by atoms with Crippen LogP contribution in [0.5, 0.6) is 11.5 Å².